The third-order valence-corrected chi connectivity index (χ3v) is 4.54. The van der Waals surface area contributed by atoms with E-state index in [4.69, 9.17) is 14.0 Å². The van der Waals surface area contributed by atoms with Crippen LogP contribution < -0.4 is 15.2 Å². The number of fused-ring (bicyclic) bond motifs is 1. The Morgan fingerprint density at radius 2 is 1.74 bits per heavy atom. The zero-order valence-electron chi connectivity index (χ0n) is 15.0. The first-order valence-corrected chi connectivity index (χ1v) is 8.47. The first-order valence-electron chi connectivity index (χ1n) is 8.47. The van der Waals surface area contributed by atoms with Gasteiger partial charge in [-0.3, -0.25) is 9.09 Å². The van der Waals surface area contributed by atoms with Crippen molar-refractivity contribution in [2.45, 2.75) is 6.54 Å². The minimum Gasteiger partial charge on any atom is -0.493 e. The summed E-state index contributed by atoms with van der Waals surface area (Å²) < 4.78 is 17.1. The van der Waals surface area contributed by atoms with E-state index in [9.17, 15) is 4.79 Å². The van der Waals surface area contributed by atoms with E-state index in [1.807, 2.05) is 48.5 Å². The first-order chi connectivity index (χ1) is 13.2. The Hall–Kier alpha value is -3.54. The van der Waals surface area contributed by atoms with Crippen molar-refractivity contribution in [3.8, 4) is 22.9 Å². The van der Waals surface area contributed by atoms with Gasteiger partial charge in [0.15, 0.2) is 17.3 Å². The molecule has 6 nitrogen and oxygen atoms in total. The number of hydrogen-bond acceptors (Lipinski definition) is 5. The third kappa shape index (κ3) is 3.06. The summed E-state index contributed by atoms with van der Waals surface area (Å²) in [5.74, 6) is 1.09. The molecule has 136 valence electrons. The van der Waals surface area contributed by atoms with E-state index in [1.165, 1.54) is 4.57 Å². The van der Waals surface area contributed by atoms with Crippen LogP contribution in [0.2, 0.25) is 0 Å². The molecule has 1 heterocycles. The van der Waals surface area contributed by atoms with Crippen LogP contribution in [0, 0.1) is 0 Å². The summed E-state index contributed by atoms with van der Waals surface area (Å²) in [4.78, 5) is 12.3. The van der Waals surface area contributed by atoms with Gasteiger partial charge in [-0.25, -0.2) is 4.79 Å². The van der Waals surface area contributed by atoms with Crippen LogP contribution in [0.25, 0.3) is 22.2 Å². The number of hydrogen-bond donors (Lipinski definition) is 0. The fraction of sp³-hybridized carbons (Fsp3) is 0.143. The standard InChI is InChI=1S/C21H18N2O4/c1-25-18-11-10-15(12-19(18)26-2)20-22-27-21(24)23(20)13-16-8-5-7-14-6-3-4-9-17(14)16/h3-12H,13H2,1-2H3. The van der Waals surface area contributed by atoms with Gasteiger partial charge < -0.3 is 9.47 Å². The predicted molar refractivity (Wildman–Crippen MR) is 102 cm³/mol. The van der Waals surface area contributed by atoms with Gasteiger partial charge in [-0.05, 0) is 34.5 Å². The van der Waals surface area contributed by atoms with E-state index >= 15 is 0 Å². The van der Waals surface area contributed by atoms with Crippen LogP contribution in [-0.2, 0) is 6.54 Å². The van der Waals surface area contributed by atoms with Gasteiger partial charge in [0.2, 0.25) is 0 Å². The molecule has 0 amide bonds. The molecular formula is C21H18N2O4. The summed E-state index contributed by atoms with van der Waals surface area (Å²) in [6.07, 6.45) is 0. The molecule has 3 aromatic carbocycles. The molecule has 0 saturated carbocycles. The maximum atomic E-state index is 12.3. The zero-order chi connectivity index (χ0) is 18.8. The molecule has 0 N–H and O–H groups in total. The van der Waals surface area contributed by atoms with E-state index in [0.29, 0.717) is 29.4 Å². The van der Waals surface area contributed by atoms with Crippen molar-refractivity contribution >= 4 is 10.8 Å². The van der Waals surface area contributed by atoms with Crippen LogP contribution in [0.1, 0.15) is 5.56 Å². The van der Waals surface area contributed by atoms with Crippen molar-refractivity contribution in [2.24, 2.45) is 0 Å². The molecule has 0 fully saturated rings. The van der Waals surface area contributed by atoms with E-state index in [0.717, 1.165) is 16.3 Å². The normalized spacial score (nSPS) is 10.9. The van der Waals surface area contributed by atoms with Gasteiger partial charge in [0, 0.05) is 5.56 Å². The zero-order valence-corrected chi connectivity index (χ0v) is 15.0. The number of ether oxygens (including phenoxy) is 2. The Balaban J connectivity index is 1.80. The quantitative estimate of drug-likeness (QED) is 0.541. The van der Waals surface area contributed by atoms with Crippen molar-refractivity contribution in [3.63, 3.8) is 0 Å². The van der Waals surface area contributed by atoms with Crippen LogP contribution in [0.3, 0.4) is 0 Å². The van der Waals surface area contributed by atoms with E-state index in [-0.39, 0.29) is 0 Å². The fourth-order valence-electron chi connectivity index (χ4n) is 3.19. The van der Waals surface area contributed by atoms with Crippen LogP contribution in [0.4, 0.5) is 0 Å². The van der Waals surface area contributed by atoms with Crippen molar-refractivity contribution < 1.29 is 14.0 Å². The van der Waals surface area contributed by atoms with Gasteiger partial charge in [0.1, 0.15) is 0 Å². The lowest BCUT2D eigenvalue weighted by molar-refractivity contribution is 0.355. The lowest BCUT2D eigenvalue weighted by Crippen LogP contribution is -2.16. The molecule has 0 spiro atoms. The second-order valence-electron chi connectivity index (χ2n) is 6.07. The Labute approximate surface area is 155 Å². The molecule has 0 bridgehead atoms. The number of nitrogens with zero attached hydrogens (tertiary/aromatic N) is 2. The topological polar surface area (TPSA) is 66.5 Å². The molecule has 4 rings (SSSR count). The summed E-state index contributed by atoms with van der Waals surface area (Å²) in [7, 11) is 3.14. The van der Waals surface area contributed by atoms with Gasteiger partial charge in [-0.15, -0.1) is 0 Å². The average Bonchev–Trinajstić information content (AvgIpc) is 3.08. The maximum Gasteiger partial charge on any atom is 0.442 e. The van der Waals surface area contributed by atoms with E-state index in [2.05, 4.69) is 5.16 Å². The highest BCUT2D eigenvalue weighted by atomic mass is 16.5. The van der Waals surface area contributed by atoms with Gasteiger partial charge >= 0.3 is 5.76 Å². The monoisotopic (exact) mass is 362 g/mol. The summed E-state index contributed by atoms with van der Waals surface area (Å²) in [5.41, 5.74) is 1.72. The van der Waals surface area contributed by atoms with Crippen molar-refractivity contribution in [3.05, 3.63) is 76.8 Å². The van der Waals surface area contributed by atoms with Crippen LogP contribution >= 0.6 is 0 Å². The molecule has 0 atom stereocenters. The largest absolute Gasteiger partial charge is 0.493 e. The SMILES string of the molecule is COc1ccc(-c2noc(=O)n2Cc2cccc3ccccc23)cc1OC. The predicted octanol–water partition coefficient (Wildman–Crippen LogP) is 3.72. The Morgan fingerprint density at radius 3 is 2.56 bits per heavy atom. The van der Waals surface area contributed by atoms with E-state index in [1.54, 1.807) is 26.4 Å². The highest BCUT2D eigenvalue weighted by Gasteiger charge is 2.16. The van der Waals surface area contributed by atoms with Gasteiger partial charge in [0.25, 0.3) is 0 Å². The van der Waals surface area contributed by atoms with Gasteiger partial charge in [-0.1, -0.05) is 47.6 Å². The minimum atomic E-state index is -0.507. The number of rotatable bonds is 5. The van der Waals surface area contributed by atoms with Crippen LogP contribution in [0.5, 0.6) is 11.5 Å². The van der Waals surface area contributed by atoms with Crippen molar-refractivity contribution in [1.82, 2.24) is 9.72 Å². The molecule has 4 aromatic rings. The number of methoxy groups -OCH3 is 2. The Morgan fingerprint density at radius 1 is 0.963 bits per heavy atom. The Kier molecular flexibility index (Phi) is 4.38. The molecule has 0 aliphatic carbocycles. The molecule has 0 radical (unpaired) electrons. The molecule has 0 unspecified atom stereocenters. The Bertz CT molecular complexity index is 1160. The molecule has 6 heteroatoms. The average molecular weight is 362 g/mol. The summed E-state index contributed by atoms with van der Waals surface area (Å²) in [5, 5.41) is 6.18. The second kappa shape index (κ2) is 6.99. The van der Waals surface area contributed by atoms with Crippen LogP contribution in [-0.4, -0.2) is 23.9 Å². The van der Waals surface area contributed by atoms with Crippen molar-refractivity contribution in [1.29, 1.82) is 0 Å². The molecular weight excluding hydrogens is 344 g/mol. The number of benzene rings is 3. The minimum absolute atomic E-state index is 0.355. The van der Waals surface area contributed by atoms with Crippen molar-refractivity contribution in [2.75, 3.05) is 14.2 Å². The summed E-state index contributed by atoms with van der Waals surface area (Å²) in [6.45, 7) is 0.355. The lowest BCUT2D eigenvalue weighted by atomic mass is 10.0. The van der Waals surface area contributed by atoms with Gasteiger partial charge in [0.05, 0.1) is 20.8 Å². The fourth-order valence-corrected chi connectivity index (χ4v) is 3.19. The lowest BCUT2D eigenvalue weighted by Gasteiger charge is -2.11. The second-order valence-corrected chi connectivity index (χ2v) is 6.07. The summed E-state index contributed by atoms with van der Waals surface area (Å²) in [6, 6.07) is 19.5. The van der Waals surface area contributed by atoms with Crippen LogP contribution in [0.15, 0.2) is 70.0 Å². The first kappa shape index (κ1) is 16.9. The third-order valence-electron chi connectivity index (χ3n) is 4.54. The highest BCUT2D eigenvalue weighted by molar-refractivity contribution is 5.85. The van der Waals surface area contributed by atoms with Gasteiger partial charge in [-0.2, -0.15) is 0 Å². The maximum absolute atomic E-state index is 12.3. The molecule has 0 saturated heterocycles. The molecule has 0 aliphatic rings. The molecule has 0 aliphatic heterocycles. The number of aromatic nitrogens is 2. The van der Waals surface area contributed by atoms with E-state index < -0.39 is 5.76 Å². The smallest absolute Gasteiger partial charge is 0.442 e. The highest BCUT2D eigenvalue weighted by Crippen LogP contribution is 2.31. The molecule has 1 aromatic heterocycles. The molecule has 27 heavy (non-hydrogen) atoms. The summed E-state index contributed by atoms with van der Waals surface area (Å²) >= 11 is 0.